The van der Waals surface area contributed by atoms with Gasteiger partial charge < -0.3 is 4.90 Å². The summed E-state index contributed by atoms with van der Waals surface area (Å²) in [5, 5.41) is 0. The van der Waals surface area contributed by atoms with Gasteiger partial charge >= 0.3 is 0 Å². The predicted octanol–water partition coefficient (Wildman–Crippen LogP) is 3.23. The number of hydrogen-bond donors (Lipinski definition) is 0. The van der Waals surface area contributed by atoms with Crippen molar-refractivity contribution in [3.05, 3.63) is 34.9 Å². The average molecular weight is 217 g/mol. The zero-order valence-electron chi connectivity index (χ0n) is 10.8. The first-order valence-electron chi connectivity index (χ1n) is 6.55. The second kappa shape index (κ2) is 5.01. The molecule has 88 valence electrons. The summed E-state index contributed by atoms with van der Waals surface area (Å²) in [5.41, 5.74) is 4.78. The lowest BCUT2D eigenvalue weighted by atomic mass is 9.91. The number of nitrogens with zero attached hydrogens (tertiary/aromatic N) is 1. The van der Waals surface area contributed by atoms with Crippen molar-refractivity contribution in [1.29, 1.82) is 0 Å². The Hall–Kier alpha value is -0.820. The van der Waals surface area contributed by atoms with Crippen LogP contribution >= 0.6 is 0 Å². The largest absolute Gasteiger partial charge is 0.303 e. The molecule has 0 unspecified atom stereocenters. The van der Waals surface area contributed by atoms with Crippen molar-refractivity contribution in [3.63, 3.8) is 0 Å². The van der Waals surface area contributed by atoms with Gasteiger partial charge in [-0.25, -0.2) is 0 Å². The molecule has 0 radical (unpaired) electrons. The minimum Gasteiger partial charge on any atom is -0.303 e. The summed E-state index contributed by atoms with van der Waals surface area (Å²) < 4.78 is 0. The molecule has 0 saturated heterocycles. The lowest BCUT2D eigenvalue weighted by molar-refractivity contribution is 0.303. The van der Waals surface area contributed by atoms with Crippen LogP contribution in [0.2, 0.25) is 0 Å². The highest BCUT2D eigenvalue weighted by Crippen LogP contribution is 2.25. The molecule has 1 aliphatic heterocycles. The Morgan fingerprint density at radius 2 is 1.94 bits per heavy atom. The fraction of sp³-hybridized carbons (Fsp3) is 0.600. The molecule has 0 bridgehead atoms. The molecule has 0 N–H and O–H groups in total. The Bertz CT molecular complexity index is 354. The van der Waals surface area contributed by atoms with Gasteiger partial charge in [0.05, 0.1) is 0 Å². The normalized spacial score (nSPS) is 17.2. The Labute approximate surface area is 99.5 Å². The quantitative estimate of drug-likeness (QED) is 0.735. The summed E-state index contributed by atoms with van der Waals surface area (Å²) in [6.45, 7) is 10.5. The molecule has 2 rings (SSSR count). The van der Waals surface area contributed by atoms with Gasteiger partial charge in [0, 0.05) is 13.1 Å². The molecule has 1 heteroatoms. The summed E-state index contributed by atoms with van der Waals surface area (Å²) in [6, 6.07) is 6.86. The molecule has 0 amide bonds. The number of benzene rings is 1. The zero-order valence-corrected chi connectivity index (χ0v) is 10.8. The van der Waals surface area contributed by atoms with E-state index in [4.69, 9.17) is 0 Å². The van der Waals surface area contributed by atoms with E-state index in [0.29, 0.717) is 5.92 Å². The van der Waals surface area contributed by atoms with Crippen molar-refractivity contribution in [2.75, 3.05) is 19.6 Å². The highest BCUT2D eigenvalue weighted by atomic mass is 15.1. The van der Waals surface area contributed by atoms with Gasteiger partial charge in [0.2, 0.25) is 0 Å². The lowest BCUT2D eigenvalue weighted by Crippen LogP contribution is -2.25. The van der Waals surface area contributed by atoms with Crippen LogP contribution < -0.4 is 0 Å². The third kappa shape index (κ3) is 2.30. The van der Waals surface area contributed by atoms with Crippen LogP contribution in [0.3, 0.4) is 0 Å². The average Bonchev–Trinajstić information content (AvgIpc) is 2.50. The van der Waals surface area contributed by atoms with Crippen LogP contribution in [-0.4, -0.2) is 24.5 Å². The Kier molecular flexibility index (Phi) is 3.65. The van der Waals surface area contributed by atoms with Crippen LogP contribution in [-0.2, 0) is 12.8 Å². The van der Waals surface area contributed by atoms with Crippen LogP contribution in [0, 0.1) is 0 Å². The second-order valence-electron chi connectivity index (χ2n) is 5.07. The van der Waals surface area contributed by atoms with Crippen molar-refractivity contribution in [2.24, 2.45) is 0 Å². The van der Waals surface area contributed by atoms with Gasteiger partial charge in [0.15, 0.2) is 0 Å². The second-order valence-corrected chi connectivity index (χ2v) is 5.07. The molecule has 0 atom stereocenters. The fourth-order valence-electron chi connectivity index (χ4n) is 2.71. The van der Waals surface area contributed by atoms with E-state index in [9.17, 15) is 0 Å². The van der Waals surface area contributed by atoms with Crippen LogP contribution in [0.1, 0.15) is 43.4 Å². The van der Waals surface area contributed by atoms with Gasteiger partial charge in [0.25, 0.3) is 0 Å². The number of hydrogen-bond acceptors (Lipinski definition) is 1. The monoisotopic (exact) mass is 217 g/mol. The van der Waals surface area contributed by atoms with E-state index >= 15 is 0 Å². The summed E-state index contributed by atoms with van der Waals surface area (Å²) in [7, 11) is 0. The molecule has 16 heavy (non-hydrogen) atoms. The van der Waals surface area contributed by atoms with Gasteiger partial charge in [-0.1, -0.05) is 39.0 Å². The fourth-order valence-corrected chi connectivity index (χ4v) is 2.71. The molecule has 0 spiro atoms. The maximum atomic E-state index is 2.56. The third-order valence-electron chi connectivity index (χ3n) is 3.75. The molecule has 1 aromatic carbocycles. The third-order valence-corrected chi connectivity index (χ3v) is 3.75. The van der Waals surface area contributed by atoms with Gasteiger partial charge in [-0.2, -0.15) is 0 Å². The Morgan fingerprint density at radius 3 is 2.62 bits per heavy atom. The van der Waals surface area contributed by atoms with Gasteiger partial charge in [-0.15, -0.1) is 0 Å². The van der Waals surface area contributed by atoms with Crippen molar-refractivity contribution < 1.29 is 0 Å². The van der Waals surface area contributed by atoms with Crippen molar-refractivity contribution in [3.8, 4) is 0 Å². The summed E-state index contributed by atoms with van der Waals surface area (Å²) in [4.78, 5) is 2.56. The zero-order chi connectivity index (χ0) is 11.5. The van der Waals surface area contributed by atoms with E-state index < -0.39 is 0 Å². The molecule has 0 aromatic heterocycles. The molecule has 1 heterocycles. The molecule has 1 aromatic rings. The van der Waals surface area contributed by atoms with Crippen LogP contribution in [0.4, 0.5) is 0 Å². The van der Waals surface area contributed by atoms with Crippen molar-refractivity contribution >= 4 is 0 Å². The highest BCUT2D eigenvalue weighted by molar-refractivity contribution is 5.38. The molecule has 0 saturated carbocycles. The number of rotatable bonds is 2. The predicted molar refractivity (Wildman–Crippen MR) is 70.1 cm³/mol. The first-order valence-corrected chi connectivity index (χ1v) is 6.55. The van der Waals surface area contributed by atoms with E-state index in [-0.39, 0.29) is 0 Å². The first kappa shape index (κ1) is 11.7. The number of likely N-dealkylation sites (N-methyl/N-ethyl adjacent to an activating group) is 1. The summed E-state index contributed by atoms with van der Waals surface area (Å²) >= 11 is 0. The standard InChI is InChI=1S/C15H23N/c1-4-16-10-8-13-6-5-7-14(12(2)3)15(13)9-11-16/h5-7,12H,4,8-11H2,1-3H3. The summed E-state index contributed by atoms with van der Waals surface area (Å²) in [5.74, 6) is 0.656. The number of fused-ring (bicyclic) bond motifs is 1. The Morgan fingerprint density at radius 1 is 1.19 bits per heavy atom. The van der Waals surface area contributed by atoms with Crippen LogP contribution in [0.25, 0.3) is 0 Å². The van der Waals surface area contributed by atoms with E-state index in [1.54, 1.807) is 16.7 Å². The lowest BCUT2D eigenvalue weighted by Gasteiger charge is -2.17. The van der Waals surface area contributed by atoms with Crippen LogP contribution in [0.5, 0.6) is 0 Å². The minimum absolute atomic E-state index is 0.656. The van der Waals surface area contributed by atoms with E-state index in [1.807, 2.05) is 0 Å². The molecule has 1 aliphatic rings. The molecule has 1 nitrogen and oxygen atoms in total. The van der Waals surface area contributed by atoms with Crippen molar-refractivity contribution in [1.82, 2.24) is 4.90 Å². The van der Waals surface area contributed by atoms with Gasteiger partial charge in [-0.05, 0) is 42.0 Å². The minimum atomic E-state index is 0.656. The van der Waals surface area contributed by atoms with Gasteiger partial charge in [-0.3, -0.25) is 0 Å². The van der Waals surface area contributed by atoms with E-state index in [2.05, 4.69) is 43.9 Å². The van der Waals surface area contributed by atoms with E-state index in [1.165, 1.54) is 32.5 Å². The summed E-state index contributed by atoms with van der Waals surface area (Å²) in [6.07, 6.45) is 2.46. The molecule has 0 fully saturated rings. The smallest absolute Gasteiger partial charge is 0.00220 e. The van der Waals surface area contributed by atoms with Crippen LogP contribution in [0.15, 0.2) is 18.2 Å². The first-order chi connectivity index (χ1) is 7.72. The molecular formula is C15H23N. The van der Waals surface area contributed by atoms with Crippen molar-refractivity contribution in [2.45, 2.75) is 39.5 Å². The van der Waals surface area contributed by atoms with Gasteiger partial charge in [0.1, 0.15) is 0 Å². The molecule has 0 aliphatic carbocycles. The highest BCUT2D eigenvalue weighted by Gasteiger charge is 2.16. The maximum absolute atomic E-state index is 2.56. The maximum Gasteiger partial charge on any atom is 0.00220 e. The topological polar surface area (TPSA) is 3.24 Å². The Balaban J connectivity index is 2.30. The SMILES string of the molecule is CCN1CCc2cccc(C(C)C)c2CC1. The van der Waals surface area contributed by atoms with E-state index in [0.717, 1.165) is 0 Å². The molecular weight excluding hydrogens is 194 g/mol.